The van der Waals surface area contributed by atoms with E-state index in [9.17, 15) is 9.90 Å². The Kier molecular flexibility index (Phi) is 2.56. The number of carboxylic acid groups (broad SMARTS) is 1. The minimum absolute atomic E-state index is 0.302. The molecule has 0 radical (unpaired) electrons. The van der Waals surface area contributed by atoms with Crippen molar-refractivity contribution in [2.24, 2.45) is 16.7 Å². The second-order valence-electron chi connectivity index (χ2n) is 5.97. The molecule has 15 heavy (non-hydrogen) atoms. The van der Waals surface area contributed by atoms with Crippen molar-refractivity contribution in [2.45, 2.75) is 58.8 Å². The first-order valence-electron chi connectivity index (χ1n) is 6.22. The Balaban J connectivity index is 2.28. The van der Waals surface area contributed by atoms with Gasteiger partial charge in [0.25, 0.3) is 0 Å². The van der Waals surface area contributed by atoms with Crippen molar-refractivity contribution in [2.75, 3.05) is 0 Å². The van der Waals surface area contributed by atoms with E-state index < -0.39 is 11.4 Å². The van der Waals surface area contributed by atoms with Gasteiger partial charge in [0, 0.05) is 11.4 Å². The van der Waals surface area contributed by atoms with Gasteiger partial charge in [-0.15, -0.1) is 0 Å². The number of carboxylic acids is 1. The van der Waals surface area contributed by atoms with Crippen molar-refractivity contribution >= 4 is 5.97 Å². The topological polar surface area (TPSA) is 40.1 Å². The summed E-state index contributed by atoms with van der Waals surface area (Å²) in [6, 6.07) is 0. The quantitative estimate of drug-likeness (QED) is 0.699. The van der Waals surface area contributed by atoms with Crippen LogP contribution in [0.1, 0.15) is 58.8 Å². The monoisotopic (exact) mass is 209 g/mol. The molecule has 0 spiro atoms. The number of carbonyl (C=O) groups excluding carboxylic acids is 1. The van der Waals surface area contributed by atoms with Crippen molar-refractivity contribution in [3.05, 3.63) is 0 Å². The second-order valence-corrected chi connectivity index (χ2v) is 5.97. The third kappa shape index (κ3) is 1.58. The summed E-state index contributed by atoms with van der Waals surface area (Å²) >= 11 is 0. The van der Waals surface area contributed by atoms with Crippen molar-refractivity contribution in [3.63, 3.8) is 0 Å². The summed E-state index contributed by atoms with van der Waals surface area (Å²) in [6.07, 6.45) is 7.17. The molecule has 0 amide bonds. The number of fused-ring (bicyclic) bond motifs is 2. The highest BCUT2D eigenvalue weighted by atomic mass is 16.4. The van der Waals surface area contributed by atoms with Gasteiger partial charge in [-0.1, -0.05) is 26.7 Å². The summed E-state index contributed by atoms with van der Waals surface area (Å²) in [7, 11) is 0. The van der Waals surface area contributed by atoms with E-state index in [2.05, 4.69) is 13.8 Å². The van der Waals surface area contributed by atoms with E-state index in [4.69, 9.17) is 0 Å². The summed E-state index contributed by atoms with van der Waals surface area (Å²) in [6.45, 7) is 4.49. The largest absolute Gasteiger partial charge is 0.550 e. The molecule has 2 fully saturated rings. The van der Waals surface area contributed by atoms with Crippen molar-refractivity contribution in [1.29, 1.82) is 0 Å². The first-order valence-corrected chi connectivity index (χ1v) is 6.22. The maximum Gasteiger partial charge on any atom is 0.0476 e. The average molecular weight is 209 g/mol. The maximum atomic E-state index is 11.3. The van der Waals surface area contributed by atoms with Crippen LogP contribution >= 0.6 is 0 Å². The van der Waals surface area contributed by atoms with Gasteiger partial charge in [0.05, 0.1) is 0 Å². The van der Waals surface area contributed by atoms with Crippen LogP contribution in [-0.2, 0) is 4.79 Å². The summed E-state index contributed by atoms with van der Waals surface area (Å²) in [5.74, 6) is -0.177. The second kappa shape index (κ2) is 3.50. The summed E-state index contributed by atoms with van der Waals surface area (Å²) in [5.41, 5.74) is -0.169. The fraction of sp³-hybridized carbons (Fsp3) is 0.923. The minimum Gasteiger partial charge on any atom is -0.550 e. The highest BCUT2D eigenvalue weighted by Crippen LogP contribution is 2.58. The van der Waals surface area contributed by atoms with E-state index in [1.54, 1.807) is 0 Å². The van der Waals surface area contributed by atoms with Gasteiger partial charge in [-0.25, -0.2) is 0 Å². The Morgan fingerprint density at radius 2 is 1.67 bits per heavy atom. The van der Waals surface area contributed by atoms with Crippen LogP contribution in [0.4, 0.5) is 0 Å². The fourth-order valence-corrected chi connectivity index (χ4v) is 3.89. The molecule has 2 bridgehead atoms. The van der Waals surface area contributed by atoms with Gasteiger partial charge in [0.15, 0.2) is 0 Å². The van der Waals surface area contributed by atoms with Crippen LogP contribution in [0.3, 0.4) is 0 Å². The van der Waals surface area contributed by atoms with Crippen molar-refractivity contribution < 1.29 is 9.90 Å². The van der Waals surface area contributed by atoms with Crippen LogP contribution in [0.5, 0.6) is 0 Å². The third-order valence-corrected chi connectivity index (χ3v) is 5.01. The van der Waals surface area contributed by atoms with Crippen LogP contribution in [0, 0.1) is 16.7 Å². The fourth-order valence-electron chi connectivity index (χ4n) is 3.89. The predicted molar refractivity (Wildman–Crippen MR) is 57.0 cm³/mol. The van der Waals surface area contributed by atoms with Crippen LogP contribution in [0.15, 0.2) is 0 Å². The molecule has 2 aliphatic carbocycles. The Labute approximate surface area is 92.1 Å². The lowest BCUT2D eigenvalue weighted by molar-refractivity contribution is -0.325. The Bertz CT molecular complexity index is 258. The van der Waals surface area contributed by atoms with Gasteiger partial charge in [-0.2, -0.15) is 0 Å². The van der Waals surface area contributed by atoms with Gasteiger partial charge >= 0.3 is 0 Å². The molecule has 2 heteroatoms. The zero-order chi connectivity index (χ0) is 11.1. The zero-order valence-electron chi connectivity index (χ0n) is 9.84. The number of carbonyl (C=O) groups is 1. The third-order valence-electron chi connectivity index (χ3n) is 5.01. The minimum atomic E-state index is -0.785. The molecule has 0 N–H and O–H groups in total. The molecule has 86 valence electrons. The molecule has 0 unspecified atom stereocenters. The molecule has 0 saturated heterocycles. The van der Waals surface area contributed by atoms with Gasteiger partial charge in [-0.05, 0) is 43.4 Å². The predicted octanol–water partition coefficient (Wildman–Crippen LogP) is 2.12. The van der Waals surface area contributed by atoms with Crippen LogP contribution < -0.4 is 5.11 Å². The van der Waals surface area contributed by atoms with Gasteiger partial charge in [0.2, 0.25) is 0 Å². The normalized spacial score (nSPS) is 40.5. The van der Waals surface area contributed by atoms with Gasteiger partial charge in [-0.3, -0.25) is 0 Å². The average Bonchev–Trinajstić information content (AvgIpc) is 2.17. The first kappa shape index (κ1) is 11.0. The summed E-state index contributed by atoms with van der Waals surface area (Å²) < 4.78 is 0. The van der Waals surface area contributed by atoms with Crippen LogP contribution in [0.25, 0.3) is 0 Å². The molecule has 0 atom stereocenters. The molecule has 0 aromatic rings. The lowest BCUT2D eigenvalue weighted by atomic mass is 9.51. The maximum absolute atomic E-state index is 11.3. The highest BCUT2D eigenvalue weighted by Gasteiger charge is 2.49. The molecule has 2 saturated carbocycles. The molecule has 2 aliphatic rings. The lowest BCUT2D eigenvalue weighted by Gasteiger charge is -2.55. The molecule has 2 rings (SSSR count). The Morgan fingerprint density at radius 3 is 2.07 bits per heavy atom. The first-order chi connectivity index (χ1) is 7.01. The molecule has 0 aliphatic heterocycles. The standard InChI is InChI=1S/C13H22O2/c1-10(2)12-5-3-7-13(9-12,11(14)15)8-4-6-12/h10H,3-9H2,1-2H3,(H,14,15)/p-1. The smallest absolute Gasteiger partial charge is 0.0476 e. The van der Waals surface area contributed by atoms with Gasteiger partial charge < -0.3 is 9.90 Å². The van der Waals surface area contributed by atoms with Crippen molar-refractivity contribution in [1.82, 2.24) is 0 Å². The van der Waals surface area contributed by atoms with E-state index in [-0.39, 0.29) is 0 Å². The van der Waals surface area contributed by atoms with Crippen LogP contribution in [-0.4, -0.2) is 5.97 Å². The van der Waals surface area contributed by atoms with Crippen LogP contribution in [0.2, 0.25) is 0 Å². The molecule has 2 nitrogen and oxygen atoms in total. The molecule has 0 heterocycles. The van der Waals surface area contributed by atoms with E-state index in [0.717, 1.165) is 32.1 Å². The number of hydrogen-bond acceptors (Lipinski definition) is 2. The Morgan fingerprint density at radius 1 is 1.13 bits per heavy atom. The number of rotatable bonds is 2. The molecule has 0 aromatic carbocycles. The number of hydrogen-bond donors (Lipinski definition) is 0. The van der Waals surface area contributed by atoms with E-state index >= 15 is 0 Å². The Hall–Kier alpha value is -0.530. The highest BCUT2D eigenvalue weighted by molar-refractivity contribution is 5.73. The molecular formula is C13H21O2-. The van der Waals surface area contributed by atoms with Gasteiger partial charge in [0.1, 0.15) is 0 Å². The number of aliphatic carboxylic acids is 1. The zero-order valence-corrected chi connectivity index (χ0v) is 9.84. The van der Waals surface area contributed by atoms with Crippen molar-refractivity contribution in [3.8, 4) is 0 Å². The summed E-state index contributed by atoms with van der Waals surface area (Å²) in [5, 5.41) is 11.3. The SMILES string of the molecule is CC(C)C12CCCC(C(=O)[O-])(CCC1)C2. The molecule has 0 aromatic heterocycles. The van der Waals surface area contributed by atoms with E-state index in [1.807, 2.05) is 0 Å². The lowest BCUT2D eigenvalue weighted by Crippen LogP contribution is -2.52. The summed E-state index contributed by atoms with van der Waals surface area (Å²) in [4.78, 5) is 11.3. The van der Waals surface area contributed by atoms with E-state index in [0.29, 0.717) is 11.3 Å². The molecular weight excluding hydrogens is 188 g/mol. The van der Waals surface area contributed by atoms with E-state index in [1.165, 1.54) is 12.8 Å².